The number of hydrogen-bond donors (Lipinski definition) is 0. The number of furan rings is 2. The fraction of sp³-hybridized carbons (Fsp3) is 0.0556. The third-order valence-electron chi connectivity index (χ3n) is 16.7. The minimum absolute atomic E-state index is 0.921. The van der Waals surface area contributed by atoms with Gasteiger partial charge in [-0.2, -0.15) is 0 Å². The van der Waals surface area contributed by atoms with Crippen LogP contribution in [0.5, 0.6) is 0 Å². The first-order valence-corrected chi connectivity index (χ1v) is 26.9. The van der Waals surface area contributed by atoms with Gasteiger partial charge in [0.05, 0.1) is 33.1 Å². The van der Waals surface area contributed by atoms with Crippen LogP contribution in [0.2, 0.25) is 0 Å². The van der Waals surface area contributed by atoms with Gasteiger partial charge in [0.1, 0.15) is 22.7 Å². The van der Waals surface area contributed by atoms with Crippen molar-refractivity contribution in [2.75, 3.05) is 0 Å². The van der Waals surface area contributed by atoms with E-state index in [0.29, 0.717) is 0 Å². The number of nitrogens with zero attached hydrogens (tertiary/aromatic N) is 3. The Bertz CT molecular complexity index is 5020. The van der Waals surface area contributed by atoms with Gasteiger partial charge in [-0.1, -0.05) is 146 Å². The molecule has 0 saturated carbocycles. The smallest absolute Gasteiger partial charge is 0.135 e. The highest BCUT2D eigenvalue weighted by atomic mass is 16.3. The summed E-state index contributed by atoms with van der Waals surface area (Å²) in [5.74, 6) is 2.15. The molecule has 77 heavy (non-hydrogen) atoms. The highest BCUT2D eigenvalue weighted by Crippen LogP contribution is 2.48. The first-order chi connectivity index (χ1) is 38.2. The lowest BCUT2D eigenvalue weighted by Crippen LogP contribution is -1.96. The summed E-state index contributed by atoms with van der Waals surface area (Å²) in [7, 11) is 0. The summed E-state index contributed by atoms with van der Waals surface area (Å²) in [5, 5.41) is 9.57. The molecule has 0 N–H and O–H groups in total. The molecule has 0 radical (unpaired) electrons. The zero-order chi connectivity index (χ0) is 50.3. The minimum Gasteiger partial charge on any atom is -0.460 e. The van der Waals surface area contributed by atoms with Crippen LogP contribution in [0.4, 0.5) is 0 Å². The van der Waals surface area contributed by atoms with E-state index in [4.69, 9.17) is 8.83 Å². The van der Waals surface area contributed by atoms with Crippen LogP contribution >= 0.6 is 0 Å². The van der Waals surface area contributed by atoms with Crippen LogP contribution in [0.15, 0.2) is 233 Å². The molecule has 5 heterocycles. The van der Waals surface area contributed by atoms with Crippen molar-refractivity contribution in [3.63, 3.8) is 0 Å². The Morgan fingerprint density at radius 2 is 0.740 bits per heavy atom. The summed E-state index contributed by atoms with van der Waals surface area (Å²) in [6.07, 6.45) is 12.9. The SMILES string of the molecule is C1=Cc2c(oc3ccc(-c4cccc(-n5c6ccc(-c7ccccc7)cc6c6c5ccc5c7ccc8c(c9cc(-c%10ccccc%10)ccc9n8-c8ccc9oc%10c(c9c8)C=CCC%10)c7n(-c7ccccc7)c56)c4)cc23)CC1. The fourth-order valence-corrected chi connectivity index (χ4v) is 13.2. The number of aromatic nitrogens is 3. The van der Waals surface area contributed by atoms with Crippen molar-refractivity contribution in [2.24, 2.45) is 0 Å². The van der Waals surface area contributed by atoms with Gasteiger partial charge in [0.2, 0.25) is 0 Å². The molecule has 5 nitrogen and oxygen atoms in total. The maximum absolute atomic E-state index is 6.47. The molecule has 0 aliphatic heterocycles. The second kappa shape index (κ2) is 16.3. The normalized spacial score (nSPS) is 13.4. The molecular weight excluding hydrogens is 939 g/mol. The average molecular weight is 986 g/mol. The zero-order valence-electron chi connectivity index (χ0n) is 42.0. The van der Waals surface area contributed by atoms with Crippen LogP contribution in [0.25, 0.3) is 150 Å². The predicted molar refractivity (Wildman–Crippen MR) is 320 cm³/mol. The predicted octanol–water partition coefficient (Wildman–Crippen LogP) is 19.4. The molecule has 10 aromatic carbocycles. The highest BCUT2D eigenvalue weighted by molar-refractivity contribution is 6.32. The Morgan fingerprint density at radius 3 is 1.32 bits per heavy atom. The number of fused-ring (bicyclic) bond motifs is 17. The zero-order valence-corrected chi connectivity index (χ0v) is 42.0. The van der Waals surface area contributed by atoms with Gasteiger partial charge < -0.3 is 22.5 Å². The van der Waals surface area contributed by atoms with E-state index in [1.807, 2.05) is 0 Å². The maximum Gasteiger partial charge on any atom is 0.135 e. The second-order valence-electron chi connectivity index (χ2n) is 21.0. The van der Waals surface area contributed by atoms with Crippen molar-refractivity contribution in [3.8, 4) is 50.4 Å². The molecule has 0 saturated heterocycles. The van der Waals surface area contributed by atoms with Crippen LogP contribution in [-0.4, -0.2) is 13.7 Å². The lowest BCUT2D eigenvalue weighted by molar-refractivity contribution is 0.546. The Balaban J connectivity index is 0.986. The second-order valence-corrected chi connectivity index (χ2v) is 21.0. The molecule has 0 spiro atoms. The summed E-state index contributed by atoms with van der Waals surface area (Å²) >= 11 is 0. The van der Waals surface area contributed by atoms with E-state index in [0.717, 1.165) is 98.4 Å². The summed E-state index contributed by atoms with van der Waals surface area (Å²) in [6.45, 7) is 0. The van der Waals surface area contributed by atoms with Crippen molar-refractivity contribution in [3.05, 3.63) is 247 Å². The van der Waals surface area contributed by atoms with Gasteiger partial charge in [0, 0.05) is 84.1 Å². The van der Waals surface area contributed by atoms with Gasteiger partial charge in [-0.05, 0) is 137 Å². The maximum atomic E-state index is 6.47. The van der Waals surface area contributed by atoms with Crippen molar-refractivity contribution < 1.29 is 8.83 Å². The summed E-state index contributed by atoms with van der Waals surface area (Å²) in [5.41, 5.74) is 21.7. The largest absolute Gasteiger partial charge is 0.460 e. The van der Waals surface area contributed by atoms with Crippen LogP contribution < -0.4 is 0 Å². The molecule has 0 atom stereocenters. The molecule has 5 heteroatoms. The van der Waals surface area contributed by atoms with Crippen LogP contribution in [0.3, 0.4) is 0 Å². The van der Waals surface area contributed by atoms with Crippen molar-refractivity contribution in [1.82, 2.24) is 13.7 Å². The number of rotatable bonds is 6. The molecule has 15 aromatic rings. The Kier molecular flexibility index (Phi) is 9.01. The van der Waals surface area contributed by atoms with Gasteiger partial charge in [-0.25, -0.2) is 0 Å². The number of benzene rings is 10. The Hall–Kier alpha value is -9.84. The first kappa shape index (κ1) is 42.5. The van der Waals surface area contributed by atoms with Crippen molar-refractivity contribution >= 4 is 99.5 Å². The van der Waals surface area contributed by atoms with E-state index in [9.17, 15) is 0 Å². The topological polar surface area (TPSA) is 41.1 Å². The number of para-hydroxylation sites is 1. The van der Waals surface area contributed by atoms with Gasteiger partial charge >= 0.3 is 0 Å². The molecular formula is C72H47N3O2. The van der Waals surface area contributed by atoms with Gasteiger partial charge in [0.15, 0.2) is 0 Å². The number of hydrogen-bond acceptors (Lipinski definition) is 2. The third kappa shape index (κ3) is 6.29. The molecule has 2 aliphatic carbocycles. The fourth-order valence-electron chi connectivity index (χ4n) is 13.2. The molecule has 0 fully saturated rings. The van der Waals surface area contributed by atoms with Crippen LogP contribution in [0.1, 0.15) is 35.5 Å². The Morgan fingerprint density at radius 1 is 0.299 bits per heavy atom. The van der Waals surface area contributed by atoms with Gasteiger partial charge in [0.25, 0.3) is 0 Å². The van der Waals surface area contributed by atoms with E-state index in [-0.39, 0.29) is 0 Å². The molecule has 2 aliphatic rings. The van der Waals surface area contributed by atoms with Crippen LogP contribution in [0, 0.1) is 0 Å². The molecule has 0 unspecified atom stereocenters. The van der Waals surface area contributed by atoms with E-state index in [1.165, 1.54) is 87.7 Å². The van der Waals surface area contributed by atoms with E-state index >= 15 is 0 Å². The lowest BCUT2D eigenvalue weighted by atomic mass is 9.99. The highest BCUT2D eigenvalue weighted by Gasteiger charge is 2.27. The Labute approximate surface area is 443 Å². The van der Waals surface area contributed by atoms with E-state index < -0.39 is 0 Å². The standard InChI is InChI=1S/C72H47N3O2/c1-4-15-44(16-5-1)47-27-33-61-59(41-47)69-63(73(61)51-22-14-19-46(39-51)49-29-37-67-57(40-49)53-23-10-12-25-65(53)76-67)35-31-55-56-32-36-64-70(72(56)75(71(55)69)50-20-8-3-9-21-50)60-42-48(45-17-6-2-7-18-45)28-34-62(60)74(64)52-30-38-68-58(43-52)54-24-11-13-26-66(54)77-68/h1-11,14-24,27-43H,12-13,25-26H2. The first-order valence-electron chi connectivity index (χ1n) is 26.9. The quantitative estimate of drug-likeness (QED) is 0.167. The van der Waals surface area contributed by atoms with E-state index in [1.54, 1.807) is 0 Å². The third-order valence-corrected chi connectivity index (χ3v) is 16.7. The monoisotopic (exact) mass is 985 g/mol. The van der Waals surface area contributed by atoms with Gasteiger partial charge in [-0.15, -0.1) is 0 Å². The van der Waals surface area contributed by atoms with Crippen molar-refractivity contribution in [1.29, 1.82) is 0 Å². The van der Waals surface area contributed by atoms with E-state index in [2.05, 4.69) is 250 Å². The number of allylic oxidation sites excluding steroid dienone is 2. The molecule has 0 bridgehead atoms. The average Bonchev–Trinajstić information content (AvgIpc) is 4.49. The van der Waals surface area contributed by atoms with Crippen molar-refractivity contribution in [2.45, 2.75) is 25.7 Å². The summed E-state index contributed by atoms with van der Waals surface area (Å²) < 4.78 is 20.4. The molecule has 362 valence electrons. The molecule has 5 aromatic heterocycles. The minimum atomic E-state index is 0.921. The van der Waals surface area contributed by atoms with Crippen LogP contribution in [-0.2, 0) is 12.8 Å². The molecule has 17 rings (SSSR count). The lowest BCUT2D eigenvalue weighted by Gasteiger charge is -2.12. The molecule has 0 amide bonds. The number of aryl methyl sites for hydroxylation is 2. The summed E-state index contributed by atoms with van der Waals surface area (Å²) in [6, 6.07) is 78.7. The van der Waals surface area contributed by atoms with Gasteiger partial charge in [-0.3, -0.25) is 0 Å². The summed E-state index contributed by atoms with van der Waals surface area (Å²) in [4.78, 5) is 0.